The molecule has 0 bridgehead atoms. The smallest absolute Gasteiger partial charge is 0.261 e. The molecule has 1 aliphatic rings. The summed E-state index contributed by atoms with van der Waals surface area (Å²) in [5, 5.41) is 17.2. The first-order chi connectivity index (χ1) is 11.7. The van der Waals surface area contributed by atoms with Gasteiger partial charge in [-0.25, -0.2) is 4.99 Å². The third kappa shape index (κ3) is 2.40. The second kappa shape index (κ2) is 5.58. The molecule has 1 heterocycles. The van der Waals surface area contributed by atoms with Gasteiger partial charge in [0, 0.05) is 28.6 Å². The molecular weight excluding hydrogens is 304 g/mol. The molecule has 24 heavy (non-hydrogen) atoms. The predicted molar refractivity (Wildman–Crippen MR) is 94.0 cm³/mol. The predicted octanol–water partition coefficient (Wildman–Crippen LogP) is 3.76. The Morgan fingerprint density at radius 1 is 1.08 bits per heavy atom. The molecule has 0 unspecified atom stereocenters. The molecule has 0 radical (unpaired) electrons. The van der Waals surface area contributed by atoms with E-state index in [4.69, 9.17) is 0 Å². The normalized spacial score (nSPS) is 12.6. The van der Waals surface area contributed by atoms with Crippen molar-refractivity contribution in [1.29, 1.82) is 0 Å². The fourth-order valence-electron chi connectivity index (χ4n) is 2.76. The number of nitro benzene ring substituents is 1. The van der Waals surface area contributed by atoms with Gasteiger partial charge in [0.05, 0.1) is 16.8 Å². The Kier molecular flexibility index (Phi) is 3.28. The summed E-state index contributed by atoms with van der Waals surface area (Å²) in [5.41, 5.74) is 5.53. The Bertz CT molecular complexity index is 1020. The summed E-state index contributed by atoms with van der Waals surface area (Å²) in [6, 6.07) is 18.3. The van der Waals surface area contributed by atoms with E-state index in [0.29, 0.717) is 11.4 Å². The minimum Gasteiger partial charge on any atom is -0.261 e. The molecule has 6 heteroatoms. The highest BCUT2D eigenvalue weighted by Crippen LogP contribution is 2.34. The number of aliphatic imine (C=N–C) groups is 1. The molecule has 3 aromatic carbocycles. The Hall–Kier alpha value is -3.54. The Balaban J connectivity index is 1.59. The van der Waals surface area contributed by atoms with Crippen LogP contribution in [-0.4, -0.2) is 17.0 Å². The highest BCUT2D eigenvalue weighted by molar-refractivity contribution is 6.18. The van der Waals surface area contributed by atoms with E-state index in [0.717, 1.165) is 22.0 Å². The van der Waals surface area contributed by atoms with Crippen molar-refractivity contribution >= 4 is 34.2 Å². The molecule has 1 aliphatic heterocycles. The summed E-state index contributed by atoms with van der Waals surface area (Å²) in [6.45, 7) is 0. The summed E-state index contributed by atoms with van der Waals surface area (Å²) >= 11 is 0. The number of benzene rings is 3. The van der Waals surface area contributed by atoms with Crippen LogP contribution in [0.25, 0.3) is 10.8 Å². The van der Waals surface area contributed by atoms with Gasteiger partial charge in [-0.15, -0.1) is 0 Å². The van der Waals surface area contributed by atoms with Crippen molar-refractivity contribution in [3.63, 3.8) is 0 Å². The van der Waals surface area contributed by atoms with Gasteiger partial charge in [0.1, 0.15) is 0 Å². The summed E-state index contributed by atoms with van der Waals surface area (Å²) in [7, 11) is 0. The molecule has 0 saturated heterocycles. The van der Waals surface area contributed by atoms with Crippen molar-refractivity contribution in [2.45, 2.75) is 0 Å². The van der Waals surface area contributed by atoms with Gasteiger partial charge in [0.15, 0.2) is 5.84 Å². The van der Waals surface area contributed by atoms with Gasteiger partial charge < -0.3 is 0 Å². The van der Waals surface area contributed by atoms with Crippen molar-refractivity contribution in [2.75, 3.05) is 0 Å². The molecule has 3 aromatic rings. The lowest BCUT2D eigenvalue weighted by Crippen LogP contribution is -2.17. The third-order valence-electron chi connectivity index (χ3n) is 3.84. The average Bonchev–Trinajstić information content (AvgIpc) is 2.96. The van der Waals surface area contributed by atoms with E-state index in [1.54, 1.807) is 18.3 Å². The number of nitrogens with zero attached hydrogens (tertiary/aromatic N) is 3. The van der Waals surface area contributed by atoms with Crippen molar-refractivity contribution < 1.29 is 4.92 Å². The van der Waals surface area contributed by atoms with Crippen LogP contribution in [0, 0.1) is 10.1 Å². The van der Waals surface area contributed by atoms with E-state index in [1.807, 2.05) is 36.4 Å². The first kappa shape index (κ1) is 14.1. The van der Waals surface area contributed by atoms with Gasteiger partial charge in [-0.1, -0.05) is 42.5 Å². The van der Waals surface area contributed by atoms with Crippen LogP contribution >= 0.6 is 0 Å². The van der Waals surface area contributed by atoms with Crippen LogP contribution in [0.1, 0.15) is 11.1 Å². The van der Waals surface area contributed by atoms with Crippen molar-refractivity contribution in [2.24, 2.45) is 10.1 Å². The van der Waals surface area contributed by atoms with E-state index in [2.05, 4.69) is 15.5 Å². The summed E-state index contributed by atoms with van der Waals surface area (Å²) in [5.74, 6) is 0.670. The Morgan fingerprint density at radius 3 is 2.71 bits per heavy atom. The van der Waals surface area contributed by atoms with Crippen LogP contribution in [-0.2, 0) is 0 Å². The van der Waals surface area contributed by atoms with Crippen LogP contribution in [0.2, 0.25) is 0 Å². The summed E-state index contributed by atoms with van der Waals surface area (Å²) in [6.07, 6.45) is 1.54. The quantitative estimate of drug-likeness (QED) is 0.454. The molecule has 0 atom stereocenters. The molecule has 1 N–H and O–H groups in total. The highest BCUT2D eigenvalue weighted by atomic mass is 16.6. The third-order valence-corrected chi connectivity index (χ3v) is 3.84. The Labute approximate surface area is 137 Å². The first-order valence-electron chi connectivity index (χ1n) is 7.37. The number of nitro groups is 1. The minimum absolute atomic E-state index is 0.0364. The lowest BCUT2D eigenvalue weighted by atomic mass is 10.0. The second-order valence-electron chi connectivity index (χ2n) is 5.36. The molecule has 0 aromatic heterocycles. The van der Waals surface area contributed by atoms with Gasteiger partial charge in [-0.2, -0.15) is 5.10 Å². The molecule has 6 nitrogen and oxygen atoms in total. The zero-order chi connectivity index (χ0) is 16.5. The SMILES string of the molecule is O=[N+]([O-])c1cccc(/C=N/NC2=Nc3cccc4cccc2c34)c1. The lowest BCUT2D eigenvalue weighted by molar-refractivity contribution is -0.384. The average molecular weight is 316 g/mol. The molecule has 0 fully saturated rings. The van der Waals surface area contributed by atoms with E-state index in [1.165, 1.54) is 12.1 Å². The van der Waals surface area contributed by atoms with Gasteiger partial charge in [-0.3, -0.25) is 15.5 Å². The maximum atomic E-state index is 10.8. The number of amidine groups is 1. The first-order valence-corrected chi connectivity index (χ1v) is 7.37. The number of hydrazone groups is 1. The van der Waals surface area contributed by atoms with Gasteiger partial charge >= 0.3 is 0 Å². The zero-order valence-corrected chi connectivity index (χ0v) is 12.5. The molecule has 4 rings (SSSR count). The largest absolute Gasteiger partial charge is 0.270 e. The number of nitrogens with one attached hydrogen (secondary N) is 1. The number of hydrogen-bond acceptors (Lipinski definition) is 5. The molecule has 0 amide bonds. The Morgan fingerprint density at radius 2 is 1.88 bits per heavy atom. The van der Waals surface area contributed by atoms with Crippen molar-refractivity contribution in [3.05, 3.63) is 81.9 Å². The number of hydrogen-bond donors (Lipinski definition) is 1. The maximum Gasteiger partial charge on any atom is 0.270 e. The van der Waals surface area contributed by atoms with Crippen LogP contribution in [0.15, 0.2) is 70.8 Å². The maximum absolute atomic E-state index is 10.8. The second-order valence-corrected chi connectivity index (χ2v) is 5.36. The monoisotopic (exact) mass is 316 g/mol. The zero-order valence-electron chi connectivity index (χ0n) is 12.5. The van der Waals surface area contributed by atoms with Crippen LogP contribution in [0.5, 0.6) is 0 Å². The van der Waals surface area contributed by atoms with Gasteiger partial charge in [0.25, 0.3) is 5.69 Å². The fourth-order valence-corrected chi connectivity index (χ4v) is 2.76. The topological polar surface area (TPSA) is 79.9 Å². The molecule has 0 saturated carbocycles. The fraction of sp³-hybridized carbons (Fsp3) is 0. The van der Waals surface area contributed by atoms with Crippen LogP contribution in [0.3, 0.4) is 0 Å². The van der Waals surface area contributed by atoms with Crippen molar-refractivity contribution in [1.82, 2.24) is 5.43 Å². The highest BCUT2D eigenvalue weighted by Gasteiger charge is 2.17. The van der Waals surface area contributed by atoms with E-state index >= 15 is 0 Å². The van der Waals surface area contributed by atoms with Gasteiger partial charge in [0.2, 0.25) is 0 Å². The van der Waals surface area contributed by atoms with E-state index in [9.17, 15) is 10.1 Å². The summed E-state index contributed by atoms with van der Waals surface area (Å²) < 4.78 is 0. The van der Waals surface area contributed by atoms with Crippen LogP contribution < -0.4 is 5.43 Å². The van der Waals surface area contributed by atoms with Crippen LogP contribution in [0.4, 0.5) is 11.4 Å². The van der Waals surface area contributed by atoms with Gasteiger partial charge in [-0.05, 0) is 11.5 Å². The van der Waals surface area contributed by atoms with Crippen molar-refractivity contribution in [3.8, 4) is 0 Å². The number of non-ortho nitro benzene ring substituents is 1. The molecule has 0 aliphatic carbocycles. The molecular formula is C18H12N4O2. The molecule has 116 valence electrons. The molecule has 0 spiro atoms. The number of rotatable bonds is 3. The summed E-state index contributed by atoms with van der Waals surface area (Å²) in [4.78, 5) is 14.9. The standard InChI is InChI=1S/C18H12N4O2/c23-22(24)14-7-1-4-12(10-14)11-19-21-18-15-8-2-5-13-6-3-9-16(20-18)17(13)15/h1-11H,(H,20,21)/b19-11+. The van der Waals surface area contributed by atoms with E-state index in [-0.39, 0.29) is 5.69 Å². The minimum atomic E-state index is -0.427. The van der Waals surface area contributed by atoms with E-state index < -0.39 is 4.92 Å². The lowest BCUT2D eigenvalue weighted by Gasteiger charge is -2.02.